The molecular formula is C10H15NO4S. The van der Waals surface area contributed by atoms with E-state index in [2.05, 4.69) is 10.6 Å². The predicted molar refractivity (Wildman–Crippen MR) is 60.7 cm³/mol. The van der Waals surface area contributed by atoms with Crippen LogP contribution in [0.3, 0.4) is 0 Å². The van der Waals surface area contributed by atoms with Crippen LogP contribution in [0.4, 0.5) is 0 Å². The number of Topliss-reactive ketones (excluding diaryl/α,β-unsaturated/α-hetero) is 1. The van der Waals surface area contributed by atoms with E-state index >= 15 is 0 Å². The maximum atomic E-state index is 11.6. The van der Waals surface area contributed by atoms with Gasteiger partial charge in [0.25, 0.3) is 0 Å². The molecule has 0 radical (unpaired) electrons. The number of hydrogen-bond donors (Lipinski definition) is 3. The lowest BCUT2D eigenvalue weighted by atomic mass is 10.0. The lowest BCUT2D eigenvalue weighted by Gasteiger charge is -2.31. The molecular weight excluding hydrogens is 230 g/mol. The van der Waals surface area contributed by atoms with Crippen molar-refractivity contribution in [2.45, 2.75) is 24.7 Å². The Balaban J connectivity index is 2.34. The van der Waals surface area contributed by atoms with Gasteiger partial charge in [-0.05, 0) is 0 Å². The van der Waals surface area contributed by atoms with E-state index in [1.807, 2.05) is 0 Å². The first-order valence-electron chi connectivity index (χ1n) is 4.95. The van der Waals surface area contributed by atoms with Crippen LogP contribution >= 0.6 is 11.9 Å². The Morgan fingerprint density at radius 1 is 1.69 bits per heavy atom. The number of nitrogens with one attached hydrogen (secondary N) is 1. The summed E-state index contributed by atoms with van der Waals surface area (Å²) in [4.78, 5) is 11.6. The molecule has 90 valence electrons. The van der Waals surface area contributed by atoms with Crippen LogP contribution in [0.15, 0.2) is 0 Å². The van der Waals surface area contributed by atoms with E-state index in [4.69, 9.17) is 16.3 Å². The van der Waals surface area contributed by atoms with Gasteiger partial charge < -0.3 is 14.9 Å². The lowest BCUT2D eigenvalue weighted by Crippen LogP contribution is -2.55. The second-order valence-electron chi connectivity index (χ2n) is 3.37. The monoisotopic (exact) mass is 245 g/mol. The van der Waals surface area contributed by atoms with Gasteiger partial charge in [0.05, 0.1) is 13.2 Å². The zero-order valence-corrected chi connectivity index (χ0v) is 9.57. The van der Waals surface area contributed by atoms with E-state index in [9.17, 15) is 9.90 Å². The summed E-state index contributed by atoms with van der Waals surface area (Å²) < 4.78 is 8.03. The largest absolute Gasteiger partial charge is 0.394 e. The van der Waals surface area contributed by atoms with Crippen LogP contribution in [0.2, 0.25) is 0 Å². The maximum Gasteiger partial charge on any atom is 0.184 e. The smallest absolute Gasteiger partial charge is 0.184 e. The molecule has 1 saturated heterocycles. The quantitative estimate of drug-likeness (QED) is 0.325. The highest BCUT2D eigenvalue weighted by atomic mass is 32.2. The number of ether oxygens (including phenoxy) is 1. The third-order valence-electron chi connectivity index (χ3n) is 2.22. The second kappa shape index (κ2) is 6.89. The SMILES string of the molecule is C#CCCSN[C@H]1CO[C@H](CO)[C@H](O)C1=O. The molecule has 0 bridgehead atoms. The minimum Gasteiger partial charge on any atom is -0.394 e. The number of rotatable bonds is 5. The van der Waals surface area contributed by atoms with Crippen LogP contribution in [0.5, 0.6) is 0 Å². The molecule has 0 amide bonds. The van der Waals surface area contributed by atoms with Crippen molar-refractivity contribution in [1.29, 1.82) is 0 Å². The molecule has 6 heteroatoms. The molecule has 0 spiro atoms. The fraction of sp³-hybridized carbons (Fsp3) is 0.700. The first-order chi connectivity index (χ1) is 7.70. The highest BCUT2D eigenvalue weighted by Crippen LogP contribution is 2.13. The molecule has 1 heterocycles. The van der Waals surface area contributed by atoms with E-state index in [0.717, 1.165) is 0 Å². The molecule has 16 heavy (non-hydrogen) atoms. The summed E-state index contributed by atoms with van der Waals surface area (Å²) in [6.45, 7) is -0.200. The average Bonchev–Trinajstić information content (AvgIpc) is 2.30. The minimum absolute atomic E-state index is 0.157. The van der Waals surface area contributed by atoms with Gasteiger partial charge in [-0.2, -0.15) is 0 Å². The lowest BCUT2D eigenvalue weighted by molar-refractivity contribution is -0.154. The zero-order chi connectivity index (χ0) is 12.0. The number of aliphatic hydroxyl groups excluding tert-OH is 2. The topological polar surface area (TPSA) is 78.8 Å². The first kappa shape index (κ1) is 13.5. The average molecular weight is 245 g/mol. The number of ketones is 1. The van der Waals surface area contributed by atoms with Crippen molar-refractivity contribution in [3.05, 3.63) is 0 Å². The van der Waals surface area contributed by atoms with Crippen LogP contribution in [-0.4, -0.2) is 53.2 Å². The number of carbonyl (C=O) groups excluding carboxylic acids is 1. The normalized spacial score (nSPS) is 30.1. The predicted octanol–water partition coefficient (Wildman–Crippen LogP) is -1.06. The van der Waals surface area contributed by atoms with Gasteiger partial charge in [0.2, 0.25) is 0 Å². The first-order valence-corrected chi connectivity index (χ1v) is 5.94. The Labute approximate surface area is 98.7 Å². The summed E-state index contributed by atoms with van der Waals surface area (Å²) in [7, 11) is 0. The molecule has 5 nitrogen and oxygen atoms in total. The van der Waals surface area contributed by atoms with Gasteiger partial charge in [0.15, 0.2) is 5.78 Å². The van der Waals surface area contributed by atoms with Crippen molar-refractivity contribution in [2.24, 2.45) is 0 Å². The molecule has 0 unspecified atom stereocenters. The Hall–Kier alpha value is -0.580. The Kier molecular flexibility index (Phi) is 5.80. The molecule has 0 saturated carbocycles. The maximum absolute atomic E-state index is 11.6. The number of terminal acetylenes is 1. The summed E-state index contributed by atoms with van der Waals surface area (Å²) in [5, 5.41) is 18.3. The van der Waals surface area contributed by atoms with Crippen molar-refractivity contribution in [3.63, 3.8) is 0 Å². The Morgan fingerprint density at radius 3 is 3.06 bits per heavy atom. The standard InChI is InChI=1S/C10H15NO4S/c1-2-3-4-16-11-7-6-15-8(5-12)10(14)9(7)13/h1,7-8,10-12,14H,3-6H2/t7-,8+,10-/m0/s1. The van der Waals surface area contributed by atoms with Gasteiger partial charge >= 0.3 is 0 Å². The van der Waals surface area contributed by atoms with Crippen LogP contribution < -0.4 is 4.72 Å². The fourth-order valence-corrected chi connectivity index (χ4v) is 2.02. The summed E-state index contributed by atoms with van der Waals surface area (Å²) in [5.74, 6) is 2.83. The van der Waals surface area contributed by atoms with E-state index in [-0.39, 0.29) is 19.0 Å². The summed E-state index contributed by atoms with van der Waals surface area (Å²) >= 11 is 1.33. The number of hydrogen-bond acceptors (Lipinski definition) is 6. The van der Waals surface area contributed by atoms with Crippen LogP contribution in [0.25, 0.3) is 0 Å². The van der Waals surface area contributed by atoms with Crippen molar-refractivity contribution < 1.29 is 19.7 Å². The van der Waals surface area contributed by atoms with Gasteiger partial charge in [-0.1, -0.05) is 11.9 Å². The third-order valence-corrected chi connectivity index (χ3v) is 3.08. The van der Waals surface area contributed by atoms with E-state index in [1.54, 1.807) is 0 Å². The molecule has 0 aromatic carbocycles. The van der Waals surface area contributed by atoms with Gasteiger partial charge in [-0.3, -0.25) is 9.52 Å². The van der Waals surface area contributed by atoms with Crippen molar-refractivity contribution in [1.82, 2.24) is 4.72 Å². The molecule has 1 aliphatic heterocycles. The molecule has 0 aromatic heterocycles. The molecule has 1 aliphatic rings. The molecule has 1 fully saturated rings. The third kappa shape index (κ3) is 3.47. The molecule has 0 aliphatic carbocycles. The van der Waals surface area contributed by atoms with Crippen LogP contribution in [-0.2, 0) is 9.53 Å². The highest BCUT2D eigenvalue weighted by molar-refractivity contribution is 7.97. The van der Waals surface area contributed by atoms with Crippen LogP contribution in [0.1, 0.15) is 6.42 Å². The van der Waals surface area contributed by atoms with Gasteiger partial charge in [-0.25, -0.2) is 0 Å². The van der Waals surface area contributed by atoms with Crippen molar-refractivity contribution in [3.8, 4) is 12.3 Å². The molecule has 1 rings (SSSR count). The molecule has 3 atom stereocenters. The fourth-order valence-electron chi connectivity index (χ4n) is 1.30. The van der Waals surface area contributed by atoms with Gasteiger partial charge in [-0.15, -0.1) is 12.3 Å². The number of carbonyl (C=O) groups is 1. The van der Waals surface area contributed by atoms with Crippen LogP contribution in [0, 0.1) is 12.3 Å². The Morgan fingerprint density at radius 2 is 2.44 bits per heavy atom. The Bertz CT molecular complexity index is 278. The summed E-state index contributed by atoms with van der Waals surface area (Å²) in [6, 6.07) is -0.541. The second-order valence-corrected chi connectivity index (χ2v) is 4.31. The molecule has 3 N–H and O–H groups in total. The number of aliphatic hydroxyl groups is 2. The summed E-state index contributed by atoms with van der Waals surface area (Å²) in [5.41, 5.74) is 0. The highest BCUT2D eigenvalue weighted by Gasteiger charge is 2.37. The zero-order valence-electron chi connectivity index (χ0n) is 8.76. The van der Waals surface area contributed by atoms with Gasteiger partial charge in [0, 0.05) is 12.2 Å². The van der Waals surface area contributed by atoms with Crippen molar-refractivity contribution in [2.75, 3.05) is 19.0 Å². The van der Waals surface area contributed by atoms with E-state index in [0.29, 0.717) is 12.2 Å². The van der Waals surface area contributed by atoms with Crippen molar-refractivity contribution >= 4 is 17.7 Å². The van der Waals surface area contributed by atoms with E-state index in [1.165, 1.54) is 11.9 Å². The minimum atomic E-state index is -1.26. The van der Waals surface area contributed by atoms with Gasteiger partial charge in [0.1, 0.15) is 18.2 Å². The molecule has 0 aromatic rings. The van der Waals surface area contributed by atoms with E-state index < -0.39 is 18.2 Å². The summed E-state index contributed by atoms with van der Waals surface area (Å²) in [6.07, 6.45) is 3.63.